The number of hydrogen-bond donors (Lipinski definition) is 4. The molecule has 4 N–H and O–H groups in total. The van der Waals surface area contributed by atoms with Crippen LogP contribution in [-0.2, 0) is 0 Å². The second-order valence-corrected chi connectivity index (χ2v) is 4.95. The molecule has 0 unspecified atom stereocenters. The van der Waals surface area contributed by atoms with Gasteiger partial charge in [0.25, 0.3) is 11.5 Å². The molecule has 1 saturated carbocycles. The monoisotopic (exact) mass is 267 g/mol. The molecule has 1 amide bonds. The van der Waals surface area contributed by atoms with Crippen LogP contribution >= 0.6 is 0 Å². The van der Waals surface area contributed by atoms with Gasteiger partial charge in [0.1, 0.15) is 5.56 Å². The Bertz CT molecular complexity index is 569. The van der Waals surface area contributed by atoms with Crippen LogP contribution in [0, 0.1) is 0 Å². The van der Waals surface area contributed by atoms with E-state index in [1.165, 1.54) is 0 Å². The summed E-state index contributed by atoms with van der Waals surface area (Å²) in [5.41, 5.74) is -2.45. The van der Waals surface area contributed by atoms with Gasteiger partial charge in [-0.05, 0) is 12.8 Å². The van der Waals surface area contributed by atoms with Gasteiger partial charge in [-0.3, -0.25) is 14.6 Å². The van der Waals surface area contributed by atoms with Crippen molar-refractivity contribution in [3.05, 3.63) is 32.6 Å². The van der Waals surface area contributed by atoms with E-state index in [2.05, 4.69) is 10.3 Å². The molecule has 104 valence electrons. The summed E-state index contributed by atoms with van der Waals surface area (Å²) in [7, 11) is 0. The Hall–Kier alpha value is -1.89. The second kappa shape index (κ2) is 5.40. The average molecular weight is 267 g/mol. The van der Waals surface area contributed by atoms with Gasteiger partial charge in [-0.25, -0.2) is 4.79 Å². The van der Waals surface area contributed by atoms with Gasteiger partial charge >= 0.3 is 5.69 Å². The first-order chi connectivity index (χ1) is 9.00. The highest BCUT2D eigenvalue weighted by atomic mass is 16.3. The van der Waals surface area contributed by atoms with Crippen LogP contribution < -0.4 is 16.6 Å². The maximum atomic E-state index is 11.8. The minimum Gasteiger partial charge on any atom is -0.388 e. The lowest BCUT2D eigenvalue weighted by atomic mass is 9.85. The average Bonchev–Trinajstić information content (AvgIpc) is 2.37. The summed E-state index contributed by atoms with van der Waals surface area (Å²) >= 11 is 0. The number of carbonyl (C=O) groups excluding carboxylic acids is 1. The molecule has 0 saturated heterocycles. The molecule has 0 spiro atoms. The Labute approximate surface area is 109 Å². The van der Waals surface area contributed by atoms with Gasteiger partial charge in [-0.1, -0.05) is 19.3 Å². The van der Waals surface area contributed by atoms with E-state index < -0.39 is 22.8 Å². The van der Waals surface area contributed by atoms with Gasteiger partial charge in [0.15, 0.2) is 0 Å². The van der Waals surface area contributed by atoms with Crippen molar-refractivity contribution in [2.45, 2.75) is 37.7 Å². The Morgan fingerprint density at radius 2 is 2.00 bits per heavy atom. The summed E-state index contributed by atoms with van der Waals surface area (Å²) < 4.78 is 0. The molecule has 0 radical (unpaired) electrons. The van der Waals surface area contributed by atoms with Crippen LogP contribution in [-0.4, -0.2) is 33.1 Å². The van der Waals surface area contributed by atoms with Crippen LogP contribution in [0.4, 0.5) is 0 Å². The van der Waals surface area contributed by atoms with Crippen molar-refractivity contribution in [2.24, 2.45) is 0 Å². The van der Waals surface area contributed by atoms with Crippen LogP contribution in [0.2, 0.25) is 0 Å². The first kappa shape index (κ1) is 13.5. The van der Waals surface area contributed by atoms with E-state index in [0.717, 1.165) is 25.5 Å². The number of nitrogens with one attached hydrogen (secondary N) is 3. The third-order valence-corrected chi connectivity index (χ3v) is 3.43. The maximum absolute atomic E-state index is 11.8. The fourth-order valence-corrected chi connectivity index (χ4v) is 2.31. The Balaban J connectivity index is 2.01. The summed E-state index contributed by atoms with van der Waals surface area (Å²) in [6.07, 6.45) is 5.33. The first-order valence-electron chi connectivity index (χ1n) is 6.33. The summed E-state index contributed by atoms with van der Waals surface area (Å²) in [5, 5.41) is 12.8. The number of aromatic nitrogens is 2. The van der Waals surface area contributed by atoms with E-state index in [1.54, 1.807) is 0 Å². The smallest absolute Gasteiger partial charge is 0.325 e. The van der Waals surface area contributed by atoms with Crippen LogP contribution in [0.3, 0.4) is 0 Å². The molecule has 7 heteroatoms. The standard InChI is InChI=1S/C12H17N3O4/c16-9(8-6-13-11(18)15-10(8)17)14-7-12(19)4-2-1-3-5-12/h6,19H,1-5,7H2,(H,14,16)(H2,13,15,17,18). The van der Waals surface area contributed by atoms with Crippen LogP contribution in [0.1, 0.15) is 42.5 Å². The molecule has 0 bridgehead atoms. The lowest BCUT2D eigenvalue weighted by Crippen LogP contribution is -2.45. The van der Waals surface area contributed by atoms with Crippen LogP contribution in [0.5, 0.6) is 0 Å². The number of aliphatic hydroxyl groups is 1. The zero-order valence-electron chi connectivity index (χ0n) is 10.5. The van der Waals surface area contributed by atoms with Gasteiger partial charge in [0, 0.05) is 12.7 Å². The molecule has 0 aliphatic heterocycles. The zero-order chi connectivity index (χ0) is 13.9. The fourth-order valence-electron chi connectivity index (χ4n) is 2.31. The first-order valence-corrected chi connectivity index (χ1v) is 6.33. The highest BCUT2D eigenvalue weighted by Gasteiger charge is 2.29. The van der Waals surface area contributed by atoms with Gasteiger partial charge in [0.05, 0.1) is 5.60 Å². The van der Waals surface area contributed by atoms with E-state index in [9.17, 15) is 19.5 Å². The van der Waals surface area contributed by atoms with Gasteiger partial charge in [-0.15, -0.1) is 0 Å². The largest absolute Gasteiger partial charge is 0.388 e. The second-order valence-electron chi connectivity index (χ2n) is 4.95. The summed E-state index contributed by atoms with van der Waals surface area (Å²) in [6.45, 7) is 0.115. The van der Waals surface area contributed by atoms with Gasteiger partial charge < -0.3 is 15.4 Å². The Morgan fingerprint density at radius 3 is 2.63 bits per heavy atom. The van der Waals surface area contributed by atoms with Crippen molar-refractivity contribution in [3.8, 4) is 0 Å². The fraction of sp³-hybridized carbons (Fsp3) is 0.583. The maximum Gasteiger partial charge on any atom is 0.325 e. The van der Waals surface area contributed by atoms with Gasteiger partial charge in [0.2, 0.25) is 0 Å². The normalized spacial score (nSPS) is 17.9. The number of aromatic amines is 2. The highest BCUT2D eigenvalue weighted by molar-refractivity contribution is 5.93. The predicted molar refractivity (Wildman–Crippen MR) is 68.1 cm³/mol. The molecule has 1 aromatic rings. The minimum atomic E-state index is -0.886. The molecule has 1 fully saturated rings. The van der Waals surface area contributed by atoms with Crippen molar-refractivity contribution in [1.82, 2.24) is 15.3 Å². The molecule has 1 aliphatic carbocycles. The topological polar surface area (TPSA) is 115 Å². The van der Waals surface area contributed by atoms with Crippen LogP contribution in [0.15, 0.2) is 15.8 Å². The number of hydrogen-bond acceptors (Lipinski definition) is 4. The highest BCUT2D eigenvalue weighted by Crippen LogP contribution is 2.27. The van der Waals surface area contributed by atoms with Crippen molar-refractivity contribution in [2.75, 3.05) is 6.54 Å². The van der Waals surface area contributed by atoms with E-state index in [-0.39, 0.29) is 12.1 Å². The lowest BCUT2D eigenvalue weighted by molar-refractivity contribution is 0.00523. The molecule has 19 heavy (non-hydrogen) atoms. The molecule has 7 nitrogen and oxygen atoms in total. The predicted octanol–water partition coefficient (Wildman–Crippen LogP) is -0.512. The number of rotatable bonds is 3. The van der Waals surface area contributed by atoms with Crippen molar-refractivity contribution in [1.29, 1.82) is 0 Å². The van der Waals surface area contributed by atoms with Crippen molar-refractivity contribution < 1.29 is 9.90 Å². The third kappa shape index (κ3) is 3.31. The Morgan fingerprint density at radius 1 is 1.32 bits per heavy atom. The van der Waals surface area contributed by atoms with Crippen molar-refractivity contribution >= 4 is 5.91 Å². The lowest BCUT2D eigenvalue weighted by Gasteiger charge is -2.32. The zero-order valence-corrected chi connectivity index (χ0v) is 10.5. The summed E-state index contributed by atoms with van der Waals surface area (Å²) in [6, 6.07) is 0. The summed E-state index contributed by atoms with van der Waals surface area (Å²) in [5.74, 6) is -0.600. The number of amides is 1. The number of H-pyrrole nitrogens is 2. The quantitative estimate of drug-likeness (QED) is 0.590. The Kier molecular flexibility index (Phi) is 3.84. The molecule has 1 aromatic heterocycles. The van der Waals surface area contributed by atoms with Crippen molar-refractivity contribution in [3.63, 3.8) is 0 Å². The molecule has 0 atom stereocenters. The molecule has 1 aliphatic rings. The van der Waals surface area contributed by atoms with E-state index in [4.69, 9.17) is 0 Å². The molecule has 0 aromatic carbocycles. The molecular weight excluding hydrogens is 250 g/mol. The third-order valence-electron chi connectivity index (χ3n) is 3.43. The molecule has 2 rings (SSSR count). The van der Waals surface area contributed by atoms with E-state index >= 15 is 0 Å². The number of carbonyl (C=O) groups is 1. The molecular formula is C12H17N3O4. The SMILES string of the molecule is O=C(NCC1(O)CCCCC1)c1c[nH]c(=O)[nH]c1=O. The summed E-state index contributed by atoms with van der Waals surface area (Å²) in [4.78, 5) is 38.3. The van der Waals surface area contributed by atoms with E-state index in [0.29, 0.717) is 12.8 Å². The molecule has 1 heterocycles. The van der Waals surface area contributed by atoms with Gasteiger partial charge in [-0.2, -0.15) is 0 Å². The minimum absolute atomic E-state index is 0.115. The van der Waals surface area contributed by atoms with E-state index in [1.807, 2.05) is 4.98 Å². The van der Waals surface area contributed by atoms with Crippen LogP contribution in [0.25, 0.3) is 0 Å².